The largest absolute Gasteiger partial charge is 0.393 e. The quantitative estimate of drug-likeness (QED) is 0.882. The van der Waals surface area contributed by atoms with Gasteiger partial charge in [-0.15, -0.1) is 11.3 Å². The van der Waals surface area contributed by atoms with E-state index in [0.29, 0.717) is 0 Å². The minimum absolute atomic E-state index is 0.127. The van der Waals surface area contributed by atoms with Gasteiger partial charge in [0.25, 0.3) is 0 Å². The van der Waals surface area contributed by atoms with E-state index in [2.05, 4.69) is 27.4 Å². The van der Waals surface area contributed by atoms with E-state index in [1.165, 1.54) is 17.7 Å². The fourth-order valence-corrected chi connectivity index (χ4v) is 3.04. The van der Waals surface area contributed by atoms with E-state index in [0.717, 1.165) is 23.2 Å². The van der Waals surface area contributed by atoms with Crippen LogP contribution in [-0.4, -0.2) is 11.2 Å². The zero-order valence-electron chi connectivity index (χ0n) is 7.37. The Balaban J connectivity index is 1.82. The maximum atomic E-state index is 9.71. The molecule has 13 heavy (non-hydrogen) atoms. The maximum Gasteiger partial charge on any atom is 0.0591 e. The van der Waals surface area contributed by atoms with Crippen molar-refractivity contribution < 1.29 is 5.11 Å². The van der Waals surface area contributed by atoms with Gasteiger partial charge in [-0.25, -0.2) is 0 Å². The van der Waals surface area contributed by atoms with E-state index in [-0.39, 0.29) is 6.10 Å². The van der Waals surface area contributed by atoms with Crippen LogP contribution in [0.3, 0.4) is 0 Å². The van der Waals surface area contributed by atoms with Gasteiger partial charge in [-0.1, -0.05) is 12.8 Å². The molecule has 1 heterocycles. The van der Waals surface area contributed by atoms with Crippen molar-refractivity contribution in [1.82, 2.24) is 0 Å². The number of hydrogen-bond acceptors (Lipinski definition) is 2. The van der Waals surface area contributed by atoms with Crippen LogP contribution in [0.5, 0.6) is 0 Å². The molecule has 0 amide bonds. The van der Waals surface area contributed by atoms with Gasteiger partial charge in [-0.2, -0.15) is 0 Å². The van der Waals surface area contributed by atoms with E-state index in [1.54, 1.807) is 11.3 Å². The summed E-state index contributed by atoms with van der Waals surface area (Å²) in [7, 11) is 0. The predicted molar refractivity (Wildman–Crippen MR) is 59.1 cm³/mol. The first-order chi connectivity index (χ1) is 6.24. The van der Waals surface area contributed by atoms with Gasteiger partial charge in [0.2, 0.25) is 0 Å². The summed E-state index contributed by atoms with van der Waals surface area (Å²) < 4.78 is 1.13. The van der Waals surface area contributed by atoms with Crippen molar-refractivity contribution in [3.8, 4) is 0 Å². The maximum absolute atomic E-state index is 9.71. The Morgan fingerprint density at radius 2 is 2.38 bits per heavy atom. The van der Waals surface area contributed by atoms with Gasteiger partial charge in [0.1, 0.15) is 0 Å². The van der Waals surface area contributed by atoms with Crippen LogP contribution in [0.15, 0.2) is 15.9 Å². The minimum Gasteiger partial charge on any atom is -0.393 e. The molecule has 0 aromatic carbocycles. The molecule has 1 saturated carbocycles. The Bertz CT molecular complexity index is 280. The summed E-state index contributed by atoms with van der Waals surface area (Å²) in [4.78, 5) is 1.28. The highest BCUT2D eigenvalue weighted by Crippen LogP contribution is 2.34. The molecule has 72 valence electrons. The molecule has 1 aromatic heterocycles. The van der Waals surface area contributed by atoms with Crippen LogP contribution >= 0.6 is 27.3 Å². The molecular weight excluding hydrogens is 248 g/mol. The van der Waals surface area contributed by atoms with Crippen molar-refractivity contribution in [3.63, 3.8) is 0 Å². The first kappa shape index (κ1) is 9.69. The van der Waals surface area contributed by atoms with E-state index >= 15 is 0 Å². The number of hydrogen-bond donors (Lipinski definition) is 1. The van der Waals surface area contributed by atoms with E-state index < -0.39 is 0 Å². The second-order valence-corrected chi connectivity index (χ2v) is 5.68. The molecule has 0 aliphatic heterocycles. The average Bonchev–Trinajstić information content (AvgIpc) is 2.76. The smallest absolute Gasteiger partial charge is 0.0591 e. The lowest BCUT2D eigenvalue weighted by molar-refractivity contribution is 0.159. The molecule has 1 aromatic rings. The highest BCUT2D eigenvalue weighted by molar-refractivity contribution is 9.10. The molecule has 1 aliphatic carbocycles. The zero-order chi connectivity index (χ0) is 9.26. The first-order valence-corrected chi connectivity index (χ1v) is 6.32. The SMILES string of the molecule is OC(Cc1cc(Br)cs1)CC1CC1. The van der Waals surface area contributed by atoms with Crippen molar-refractivity contribution in [1.29, 1.82) is 0 Å². The van der Waals surface area contributed by atoms with Crippen molar-refractivity contribution in [2.45, 2.75) is 31.8 Å². The van der Waals surface area contributed by atoms with E-state index in [9.17, 15) is 5.11 Å². The third-order valence-electron chi connectivity index (χ3n) is 2.36. The van der Waals surface area contributed by atoms with Gasteiger partial charge in [0, 0.05) is 21.2 Å². The number of aliphatic hydroxyl groups is 1. The van der Waals surface area contributed by atoms with Crippen LogP contribution in [0.1, 0.15) is 24.1 Å². The molecular formula is C10H13BrOS. The summed E-state index contributed by atoms with van der Waals surface area (Å²) in [5.41, 5.74) is 0. The van der Waals surface area contributed by atoms with Crippen molar-refractivity contribution in [2.24, 2.45) is 5.92 Å². The van der Waals surface area contributed by atoms with Gasteiger partial charge in [0.15, 0.2) is 0 Å². The second kappa shape index (κ2) is 4.11. The van der Waals surface area contributed by atoms with Crippen LogP contribution in [-0.2, 0) is 6.42 Å². The summed E-state index contributed by atoms with van der Waals surface area (Å²) in [5.74, 6) is 0.818. The van der Waals surface area contributed by atoms with Crippen LogP contribution < -0.4 is 0 Å². The molecule has 1 fully saturated rings. The Kier molecular flexibility index (Phi) is 3.06. The molecule has 1 nitrogen and oxygen atoms in total. The topological polar surface area (TPSA) is 20.2 Å². The molecule has 1 aliphatic rings. The Morgan fingerprint density at radius 3 is 2.92 bits per heavy atom. The van der Waals surface area contributed by atoms with Crippen LogP contribution in [0.4, 0.5) is 0 Å². The third-order valence-corrected chi connectivity index (χ3v) is 4.08. The molecule has 1 unspecified atom stereocenters. The number of thiophene rings is 1. The summed E-state index contributed by atoms with van der Waals surface area (Å²) >= 11 is 5.13. The molecule has 0 radical (unpaired) electrons. The highest BCUT2D eigenvalue weighted by Gasteiger charge is 2.24. The lowest BCUT2D eigenvalue weighted by Crippen LogP contribution is -2.10. The molecule has 0 bridgehead atoms. The lowest BCUT2D eigenvalue weighted by atomic mass is 10.1. The van der Waals surface area contributed by atoms with Gasteiger partial charge in [0.05, 0.1) is 6.10 Å². The number of aliphatic hydroxyl groups excluding tert-OH is 1. The van der Waals surface area contributed by atoms with Crippen LogP contribution in [0.25, 0.3) is 0 Å². The van der Waals surface area contributed by atoms with Crippen LogP contribution in [0.2, 0.25) is 0 Å². The number of rotatable bonds is 4. The van der Waals surface area contributed by atoms with E-state index in [4.69, 9.17) is 0 Å². The average molecular weight is 261 g/mol. The summed E-state index contributed by atoms with van der Waals surface area (Å²) in [6, 6.07) is 2.10. The third kappa shape index (κ3) is 3.08. The monoisotopic (exact) mass is 260 g/mol. The fraction of sp³-hybridized carbons (Fsp3) is 0.600. The highest BCUT2D eigenvalue weighted by atomic mass is 79.9. The normalized spacial score (nSPS) is 18.9. The van der Waals surface area contributed by atoms with Crippen LogP contribution in [0, 0.1) is 5.92 Å². The van der Waals surface area contributed by atoms with Crippen molar-refractivity contribution in [3.05, 3.63) is 20.8 Å². The van der Waals surface area contributed by atoms with Crippen molar-refractivity contribution in [2.75, 3.05) is 0 Å². The molecule has 3 heteroatoms. The molecule has 2 rings (SSSR count). The van der Waals surface area contributed by atoms with Gasteiger partial charge < -0.3 is 5.11 Å². The van der Waals surface area contributed by atoms with Gasteiger partial charge >= 0.3 is 0 Å². The van der Waals surface area contributed by atoms with Gasteiger partial charge in [-0.3, -0.25) is 0 Å². The zero-order valence-corrected chi connectivity index (χ0v) is 9.77. The molecule has 1 atom stereocenters. The number of halogens is 1. The first-order valence-electron chi connectivity index (χ1n) is 4.65. The van der Waals surface area contributed by atoms with Crippen molar-refractivity contribution >= 4 is 27.3 Å². The standard InChI is InChI=1S/C10H13BrOS/c11-8-4-10(13-6-8)5-9(12)3-7-1-2-7/h4,6-7,9,12H,1-3,5H2. The summed E-state index contributed by atoms with van der Waals surface area (Å²) in [6.07, 6.45) is 4.34. The Morgan fingerprint density at radius 1 is 1.62 bits per heavy atom. The van der Waals surface area contributed by atoms with Gasteiger partial charge in [-0.05, 0) is 34.3 Å². The summed E-state index contributed by atoms with van der Waals surface area (Å²) in [6.45, 7) is 0. The molecule has 1 N–H and O–H groups in total. The summed E-state index contributed by atoms with van der Waals surface area (Å²) in [5, 5.41) is 11.8. The lowest BCUT2D eigenvalue weighted by Gasteiger charge is -2.07. The van der Waals surface area contributed by atoms with E-state index in [1.807, 2.05) is 0 Å². The Hall–Kier alpha value is 0.140. The predicted octanol–water partition coefficient (Wildman–Crippen LogP) is 3.21. The molecule has 0 spiro atoms. The molecule has 0 saturated heterocycles. The second-order valence-electron chi connectivity index (χ2n) is 3.77. The fourth-order valence-electron chi connectivity index (χ4n) is 1.51. The minimum atomic E-state index is -0.127. The Labute approximate surface area is 90.9 Å².